The molecule has 0 fully saturated rings. The minimum Gasteiger partial charge on any atom is -0.832 e. The molecule has 0 saturated heterocycles. The van der Waals surface area contributed by atoms with Crippen LogP contribution in [0.15, 0.2) is 182 Å². The van der Waals surface area contributed by atoms with Crippen molar-refractivity contribution in [2.24, 2.45) is 0 Å². The van der Waals surface area contributed by atoms with Crippen LogP contribution in [0.25, 0.3) is 0 Å². The fourth-order valence-corrected chi connectivity index (χ4v) is 17.7. The van der Waals surface area contributed by atoms with Gasteiger partial charge in [0.05, 0.1) is 0 Å². The van der Waals surface area contributed by atoms with Crippen LogP contribution >= 0.6 is 0 Å². The van der Waals surface area contributed by atoms with Crippen molar-refractivity contribution in [2.45, 2.75) is 0 Å². The first-order valence-corrected chi connectivity index (χ1v) is 19.6. The Bertz CT molecular complexity index is 1530. The van der Waals surface area contributed by atoms with Gasteiger partial charge in [0.25, 0.3) is 0 Å². The molecule has 6 aromatic carbocycles. The predicted molar refractivity (Wildman–Crippen MR) is 176 cm³/mol. The Kier molecular flexibility index (Phi) is 12.7. The average Bonchev–Trinajstić information content (AvgIpc) is 3.10. The Balaban J connectivity index is 0.00000230. The Labute approximate surface area is 312 Å². The molecule has 0 aliphatic rings. The van der Waals surface area contributed by atoms with Crippen LogP contribution in [0.4, 0.5) is 0 Å². The molecule has 0 aromatic heterocycles. The molecule has 6 rings (SSSR count). The zero-order valence-corrected chi connectivity index (χ0v) is 32.5. The quantitative estimate of drug-likeness (QED) is 0.140. The summed E-state index contributed by atoms with van der Waals surface area (Å²) >= 11 is 0. The number of hydrogen-bond donors (Lipinski definition) is 0. The molecule has 4 nitrogen and oxygen atoms in total. The first-order chi connectivity index (χ1) is 21.0. The molecule has 45 heavy (non-hydrogen) atoms. The summed E-state index contributed by atoms with van der Waals surface area (Å²) in [7, 11) is -12.5. The van der Waals surface area contributed by atoms with Crippen LogP contribution in [0.2, 0.25) is 0 Å². The molecular formula is C36H30Na2O4Si3. The fraction of sp³-hybridized carbons (Fsp3) is 0. The van der Waals surface area contributed by atoms with Crippen LogP contribution in [0, 0.1) is 0 Å². The Morgan fingerprint density at radius 1 is 0.289 bits per heavy atom. The van der Waals surface area contributed by atoms with Crippen molar-refractivity contribution in [3.63, 3.8) is 0 Å². The zero-order valence-electron chi connectivity index (χ0n) is 25.5. The van der Waals surface area contributed by atoms with Crippen molar-refractivity contribution < 1.29 is 76.9 Å². The van der Waals surface area contributed by atoms with Gasteiger partial charge in [0.2, 0.25) is 0 Å². The molecule has 0 amide bonds. The molecule has 6 aromatic rings. The summed E-state index contributed by atoms with van der Waals surface area (Å²) in [6.07, 6.45) is 0. The molecule has 0 N–H and O–H groups in total. The predicted octanol–water partition coefficient (Wildman–Crippen LogP) is -4.48. The van der Waals surface area contributed by atoms with Crippen LogP contribution in [-0.4, -0.2) is 25.7 Å². The smallest absolute Gasteiger partial charge is 0.832 e. The summed E-state index contributed by atoms with van der Waals surface area (Å²) in [5.74, 6) is 0. The maximum atomic E-state index is 15.6. The number of benzene rings is 6. The summed E-state index contributed by atoms with van der Waals surface area (Å²) < 4.78 is 14.5. The van der Waals surface area contributed by atoms with E-state index in [1.165, 1.54) is 0 Å². The Morgan fingerprint density at radius 2 is 0.467 bits per heavy atom. The molecule has 0 heterocycles. The first-order valence-electron chi connectivity index (χ1n) is 14.2. The van der Waals surface area contributed by atoms with Crippen LogP contribution in [0.5, 0.6) is 0 Å². The van der Waals surface area contributed by atoms with Crippen molar-refractivity contribution in [3.05, 3.63) is 182 Å². The van der Waals surface area contributed by atoms with Gasteiger partial charge in [-0.15, -0.1) is 0 Å². The van der Waals surface area contributed by atoms with Crippen molar-refractivity contribution in [2.75, 3.05) is 0 Å². The molecule has 0 saturated carbocycles. The van der Waals surface area contributed by atoms with E-state index in [1.807, 2.05) is 182 Å². The van der Waals surface area contributed by atoms with E-state index in [2.05, 4.69) is 0 Å². The van der Waals surface area contributed by atoms with E-state index in [1.54, 1.807) is 0 Å². The van der Waals surface area contributed by atoms with Crippen LogP contribution < -0.4 is 99.8 Å². The van der Waals surface area contributed by atoms with Gasteiger partial charge < -0.3 is 17.8 Å². The third-order valence-corrected chi connectivity index (χ3v) is 18.7. The number of rotatable bonds is 10. The van der Waals surface area contributed by atoms with Crippen molar-refractivity contribution in [1.82, 2.24) is 0 Å². The number of hydrogen-bond acceptors (Lipinski definition) is 4. The van der Waals surface area contributed by atoms with Gasteiger partial charge in [-0.2, -0.15) is 0 Å². The largest absolute Gasteiger partial charge is 1.00 e. The Hall–Kier alpha value is -2.19. The second-order valence-electron chi connectivity index (χ2n) is 10.3. The third kappa shape index (κ3) is 7.53. The minimum absolute atomic E-state index is 0. The van der Waals surface area contributed by atoms with Gasteiger partial charge in [-0.05, 0) is 31.1 Å². The standard InChI is InChI=1S/C36H30O4Si3.2Na/c37-41(31-19-7-1-8-20-31,32-21-9-2-10-22-32)39-43(35-27-15-5-16-28-35,36-29-17-6-18-30-36)40-42(38,33-23-11-3-12-24-33)34-25-13-4-14-26-34;;/h1-30H;;/q-2;2*+1. The molecule has 0 aliphatic heterocycles. The minimum atomic E-state index is -4.23. The van der Waals surface area contributed by atoms with Crippen LogP contribution in [0.3, 0.4) is 0 Å². The van der Waals surface area contributed by atoms with Gasteiger partial charge in [-0.1, -0.05) is 182 Å². The maximum Gasteiger partial charge on any atom is 1.00 e. The maximum absolute atomic E-state index is 15.6. The summed E-state index contributed by atoms with van der Waals surface area (Å²) in [6, 6.07) is 56.2. The van der Waals surface area contributed by atoms with Crippen molar-refractivity contribution >= 4 is 56.8 Å². The van der Waals surface area contributed by atoms with Crippen LogP contribution in [-0.2, 0) is 8.23 Å². The molecular weight excluding hydrogens is 627 g/mol. The van der Waals surface area contributed by atoms with E-state index in [-0.39, 0.29) is 59.1 Å². The Morgan fingerprint density at radius 3 is 0.667 bits per heavy atom. The molecule has 0 bridgehead atoms. The molecule has 9 heteroatoms. The second-order valence-corrected chi connectivity index (χ2v) is 19.0. The van der Waals surface area contributed by atoms with E-state index >= 15 is 9.59 Å². The average molecular weight is 657 g/mol. The van der Waals surface area contributed by atoms with Crippen LogP contribution in [0.1, 0.15) is 0 Å². The normalized spacial score (nSPS) is 11.6. The van der Waals surface area contributed by atoms with E-state index in [4.69, 9.17) is 8.23 Å². The molecule has 0 spiro atoms. The van der Waals surface area contributed by atoms with E-state index < -0.39 is 25.7 Å². The SMILES string of the molecule is [Na+].[Na+].[O-][Si](O[Si](O[Si]([O-])(c1ccccc1)c1ccccc1)(c1ccccc1)c1ccccc1)(c1ccccc1)c1ccccc1. The van der Waals surface area contributed by atoms with Gasteiger partial charge in [-0.25, -0.2) is 0 Å². The van der Waals surface area contributed by atoms with Gasteiger partial charge >= 0.3 is 67.7 Å². The molecule has 0 unspecified atom stereocenters. The molecule has 0 aliphatic carbocycles. The van der Waals surface area contributed by atoms with Gasteiger partial charge in [0, 0.05) is 0 Å². The van der Waals surface area contributed by atoms with Gasteiger partial charge in [0.15, 0.2) is 17.1 Å². The second kappa shape index (κ2) is 16.1. The third-order valence-electron chi connectivity index (χ3n) is 7.50. The van der Waals surface area contributed by atoms with E-state index in [9.17, 15) is 0 Å². The molecule has 0 radical (unpaired) electrons. The van der Waals surface area contributed by atoms with Gasteiger partial charge in [0.1, 0.15) is 0 Å². The summed E-state index contributed by atoms with van der Waals surface area (Å²) in [6.45, 7) is 0. The molecule has 212 valence electrons. The summed E-state index contributed by atoms with van der Waals surface area (Å²) in [5.41, 5.74) is 0. The fourth-order valence-electron chi connectivity index (χ4n) is 5.34. The zero-order chi connectivity index (χ0) is 29.6. The summed E-state index contributed by atoms with van der Waals surface area (Å²) in [5, 5.41) is 3.66. The monoisotopic (exact) mass is 656 g/mol. The topological polar surface area (TPSA) is 64.6 Å². The van der Waals surface area contributed by atoms with Crippen molar-refractivity contribution in [1.29, 1.82) is 0 Å². The summed E-state index contributed by atoms with van der Waals surface area (Å²) in [4.78, 5) is 31.2. The van der Waals surface area contributed by atoms with Gasteiger partial charge in [-0.3, -0.25) is 0 Å². The van der Waals surface area contributed by atoms with E-state index in [0.717, 1.165) is 0 Å². The first kappa shape index (κ1) is 35.7. The van der Waals surface area contributed by atoms with E-state index in [0.29, 0.717) is 31.1 Å². The van der Waals surface area contributed by atoms with Crippen molar-refractivity contribution in [3.8, 4) is 0 Å². The molecule has 0 atom stereocenters.